The van der Waals surface area contributed by atoms with Gasteiger partial charge in [-0.3, -0.25) is 0 Å². The highest BCUT2D eigenvalue weighted by molar-refractivity contribution is 7.09. The summed E-state index contributed by atoms with van der Waals surface area (Å²) >= 11 is 1.88. The number of hydrogen-bond donors (Lipinski definition) is 1. The van der Waals surface area contributed by atoms with E-state index < -0.39 is 0 Å². The van der Waals surface area contributed by atoms with E-state index in [4.69, 9.17) is 0 Å². The van der Waals surface area contributed by atoms with E-state index in [1.165, 1.54) is 17.7 Å². The Morgan fingerprint density at radius 3 is 2.47 bits per heavy atom. The summed E-state index contributed by atoms with van der Waals surface area (Å²) in [7, 11) is 0. The zero-order valence-electron chi connectivity index (χ0n) is 11.9. The summed E-state index contributed by atoms with van der Waals surface area (Å²) in [5, 5.41) is 5.76. The van der Waals surface area contributed by atoms with Crippen molar-refractivity contribution < 1.29 is 0 Å². The van der Waals surface area contributed by atoms with E-state index in [0.717, 1.165) is 12.5 Å². The van der Waals surface area contributed by atoms with E-state index in [-0.39, 0.29) is 0 Å². The van der Waals surface area contributed by atoms with Crippen LogP contribution in [0, 0.1) is 11.3 Å². The molecular formula is C15H27NS. The van der Waals surface area contributed by atoms with Gasteiger partial charge in [-0.2, -0.15) is 0 Å². The van der Waals surface area contributed by atoms with Gasteiger partial charge in [-0.25, -0.2) is 0 Å². The minimum Gasteiger partial charge on any atom is -0.314 e. The van der Waals surface area contributed by atoms with Crippen molar-refractivity contribution in [1.29, 1.82) is 0 Å². The molecule has 1 unspecified atom stereocenters. The Morgan fingerprint density at radius 2 is 2.00 bits per heavy atom. The molecule has 0 fully saturated rings. The SMILES string of the molecule is CC(C)NCC(CCc1cccs1)C(C)(C)C. The fourth-order valence-electron chi connectivity index (χ4n) is 1.99. The zero-order chi connectivity index (χ0) is 12.9. The molecule has 1 rings (SSSR count). The lowest BCUT2D eigenvalue weighted by Crippen LogP contribution is -2.35. The Morgan fingerprint density at radius 1 is 1.29 bits per heavy atom. The van der Waals surface area contributed by atoms with Crippen molar-refractivity contribution in [3.05, 3.63) is 22.4 Å². The lowest BCUT2D eigenvalue weighted by molar-refractivity contribution is 0.215. The number of hydrogen-bond acceptors (Lipinski definition) is 2. The maximum atomic E-state index is 3.59. The van der Waals surface area contributed by atoms with Gasteiger partial charge in [-0.1, -0.05) is 40.7 Å². The van der Waals surface area contributed by atoms with E-state index in [1.807, 2.05) is 11.3 Å². The lowest BCUT2D eigenvalue weighted by atomic mass is 9.78. The second-order valence-electron chi connectivity index (χ2n) is 6.24. The summed E-state index contributed by atoms with van der Waals surface area (Å²) < 4.78 is 0. The van der Waals surface area contributed by atoms with Crippen molar-refractivity contribution in [1.82, 2.24) is 5.32 Å². The van der Waals surface area contributed by atoms with Gasteiger partial charge in [-0.05, 0) is 42.2 Å². The Kier molecular flexibility index (Phi) is 5.68. The van der Waals surface area contributed by atoms with Crippen molar-refractivity contribution in [2.24, 2.45) is 11.3 Å². The Bertz CT molecular complexity index is 295. The highest BCUT2D eigenvalue weighted by Gasteiger charge is 2.24. The molecular weight excluding hydrogens is 226 g/mol. The molecule has 0 aliphatic rings. The highest BCUT2D eigenvalue weighted by Crippen LogP contribution is 2.30. The molecule has 17 heavy (non-hydrogen) atoms. The van der Waals surface area contributed by atoms with Gasteiger partial charge in [0.2, 0.25) is 0 Å². The molecule has 1 N–H and O–H groups in total. The van der Waals surface area contributed by atoms with Gasteiger partial charge in [0, 0.05) is 10.9 Å². The summed E-state index contributed by atoms with van der Waals surface area (Å²) in [4.78, 5) is 1.52. The first-order valence-corrected chi connectivity index (χ1v) is 7.53. The second kappa shape index (κ2) is 6.55. The van der Waals surface area contributed by atoms with Crippen LogP contribution >= 0.6 is 11.3 Å². The first-order chi connectivity index (χ1) is 7.89. The van der Waals surface area contributed by atoms with Crippen LogP contribution in [0.15, 0.2) is 17.5 Å². The van der Waals surface area contributed by atoms with E-state index in [1.54, 1.807) is 0 Å². The van der Waals surface area contributed by atoms with Crippen LogP contribution in [0.3, 0.4) is 0 Å². The molecule has 1 aromatic heterocycles. The molecule has 2 heteroatoms. The predicted molar refractivity (Wildman–Crippen MR) is 78.7 cm³/mol. The van der Waals surface area contributed by atoms with Gasteiger partial charge in [-0.15, -0.1) is 11.3 Å². The number of thiophene rings is 1. The van der Waals surface area contributed by atoms with Gasteiger partial charge in [0.05, 0.1) is 0 Å². The monoisotopic (exact) mass is 253 g/mol. The smallest absolute Gasteiger partial charge is 0.00453 e. The third-order valence-corrected chi connectivity index (χ3v) is 4.25. The topological polar surface area (TPSA) is 12.0 Å². The standard InChI is InChI=1S/C15H27NS/c1-12(2)16-11-13(15(3,4)5)8-9-14-7-6-10-17-14/h6-7,10,12-13,16H,8-9,11H2,1-5H3. The number of rotatable bonds is 6. The molecule has 0 spiro atoms. The first kappa shape index (κ1) is 14.7. The molecule has 0 saturated heterocycles. The molecule has 98 valence electrons. The van der Waals surface area contributed by atoms with Crippen LogP contribution in [0.25, 0.3) is 0 Å². The van der Waals surface area contributed by atoms with Crippen molar-refractivity contribution >= 4 is 11.3 Å². The predicted octanol–water partition coefficient (Wildman–Crippen LogP) is 4.34. The number of nitrogens with one attached hydrogen (secondary N) is 1. The second-order valence-corrected chi connectivity index (χ2v) is 7.28. The molecule has 0 aliphatic carbocycles. The number of aryl methyl sites for hydroxylation is 1. The fraction of sp³-hybridized carbons (Fsp3) is 0.733. The molecule has 1 atom stereocenters. The van der Waals surface area contributed by atoms with Crippen LogP contribution in [0.2, 0.25) is 0 Å². The van der Waals surface area contributed by atoms with Crippen molar-refractivity contribution in [2.45, 2.75) is 53.5 Å². The van der Waals surface area contributed by atoms with Crippen molar-refractivity contribution in [3.63, 3.8) is 0 Å². The average Bonchev–Trinajstić information content (AvgIpc) is 2.67. The van der Waals surface area contributed by atoms with Crippen LogP contribution in [-0.4, -0.2) is 12.6 Å². The van der Waals surface area contributed by atoms with Crippen LogP contribution in [0.5, 0.6) is 0 Å². The summed E-state index contributed by atoms with van der Waals surface area (Å²) in [5.41, 5.74) is 0.388. The maximum absolute atomic E-state index is 3.59. The zero-order valence-corrected chi connectivity index (χ0v) is 12.7. The van der Waals surface area contributed by atoms with E-state index in [9.17, 15) is 0 Å². The van der Waals surface area contributed by atoms with Crippen LogP contribution in [0.1, 0.15) is 45.9 Å². The summed E-state index contributed by atoms with van der Waals surface area (Å²) in [6.45, 7) is 12.6. The minimum atomic E-state index is 0.388. The van der Waals surface area contributed by atoms with E-state index >= 15 is 0 Å². The van der Waals surface area contributed by atoms with E-state index in [2.05, 4.69) is 57.4 Å². The van der Waals surface area contributed by atoms with Gasteiger partial charge < -0.3 is 5.32 Å². The fourth-order valence-corrected chi connectivity index (χ4v) is 2.72. The van der Waals surface area contributed by atoms with Gasteiger partial charge >= 0.3 is 0 Å². The summed E-state index contributed by atoms with van der Waals surface area (Å²) in [5.74, 6) is 0.743. The minimum absolute atomic E-state index is 0.388. The highest BCUT2D eigenvalue weighted by atomic mass is 32.1. The van der Waals surface area contributed by atoms with E-state index in [0.29, 0.717) is 11.5 Å². The van der Waals surface area contributed by atoms with Crippen LogP contribution in [-0.2, 0) is 6.42 Å². The molecule has 0 aliphatic heterocycles. The quantitative estimate of drug-likeness (QED) is 0.795. The molecule has 0 bridgehead atoms. The molecule has 1 aromatic rings. The maximum Gasteiger partial charge on any atom is 0.00453 e. The Labute approximate surface area is 111 Å². The van der Waals surface area contributed by atoms with Gasteiger partial charge in [0.25, 0.3) is 0 Å². The van der Waals surface area contributed by atoms with Crippen LogP contribution in [0.4, 0.5) is 0 Å². The van der Waals surface area contributed by atoms with Gasteiger partial charge in [0.1, 0.15) is 0 Å². The third-order valence-electron chi connectivity index (χ3n) is 3.32. The summed E-state index contributed by atoms with van der Waals surface area (Å²) in [6.07, 6.45) is 2.50. The molecule has 0 aromatic carbocycles. The van der Waals surface area contributed by atoms with Crippen molar-refractivity contribution in [2.75, 3.05) is 6.54 Å². The average molecular weight is 253 g/mol. The van der Waals surface area contributed by atoms with Crippen LogP contribution < -0.4 is 5.32 Å². The molecule has 0 saturated carbocycles. The summed E-state index contributed by atoms with van der Waals surface area (Å²) in [6, 6.07) is 4.99. The third kappa shape index (κ3) is 5.69. The molecule has 1 heterocycles. The van der Waals surface area contributed by atoms with Gasteiger partial charge in [0.15, 0.2) is 0 Å². The molecule has 0 radical (unpaired) electrons. The first-order valence-electron chi connectivity index (χ1n) is 6.65. The normalized spacial score (nSPS) is 14.2. The Hall–Kier alpha value is -0.340. The van der Waals surface area contributed by atoms with Crippen molar-refractivity contribution in [3.8, 4) is 0 Å². The largest absolute Gasteiger partial charge is 0.314 e. The lowest BCUT2D eigenvalue weighted by Gasteiger charge is -2.31. The molecule has 1 nitrogen and oxygen atoms in total. The molecule has 0 amide bonds. The Balaban J connectivity index is 2.46.